The van der Waals surface area contributed by atoms with Crippen LogP contribution in [0.2, 0.25) is 0 Å². The fourth-order valence-electron chi connectivity index (χ4n) is 3.12. The standard InChI is InChI=1S/C12H15NO/c13-10-3-1-2-9-8-4-6-12(14,7-5-8)11(9)10/h1-3,8,14H,4-7,13H2. The van der Waals surface area contributed by atoms with Gasteiger partial charge in [0.25, 0.3) is 0 Å². The van der Waals surface area contributed by atoms with Crippen molar-refractivity contribution in [3.63, 3.8) is 0 Å². The van der Waals surface area contributed by atoms with Crippen molar-refractivity contribution in [2.75, 3.05) is 5.73 Å². The first kappa shape index (κ1) is 8.30. The molecule has 74 valence electrons. The molecule has 0 atom stereocenters. The topological polar surface area (TPSA) is 46.2 Å². The number of aliphatic hydroxyl groups is 1. The Morgan fingerprint density at radius 3 is 2.64 bits per heavy atom. The van der Waals surface area contributed by atoms with E-state index in [1.54, 1.807) is 0 Å². The third-order valence-electron chi connectivity index (χ3n) is 3.85. The minimum absolute atomic E-state index is 0.616. The Morgan fingerprint density at radius 1 is 1.29 bits per heavy atom. The van der Waals surface area contributed by atoms with E-state index in [0.29, 0.717) is 5.92 Å². The number of benzene rings is 1. The first-order chi connectivity index (χ1) is 6.71. The zero-order chi connectivity index (χ0) is 9.76. The lowest BCUT2D eigenvalue weighted by molar-refractivity contribution is -0.0188. The molecule has 2 nitrogen and oxygen atoms in total. The monoisotopic (exact) mass is 189 g/mol. The maximum atomic E-state index is 10.5. The highest BCUT2D eigenvalue weighted by Crippen LogP contribution is 2.53. The fraction of sp³-hybridized carbons (Fsp3) is 0.500. The zero-order valence-corrected chi connectivity index (χ0v) is 8.16. The van der Waals surface area contributed by atoms with E-state index in [1.807, 2.05) is 12.1 Å². The average molecular weight is 189 g/mol. The van der Waals surface area contributed by atoms with Crippen LogP contribution in [0.3, 0.4) is 0 Å². The summed E-state index contributed by atoms with van der Waals surface area (Å²) in [5.74, 6) is 0.641. The van der Waals surface area contributed by atoms with E-state index in [-0.39, 0.29) is 0 Å². The number of nitrogens with two attached hydrogens (primary N) is 1. The average Bonchev–Trinajstić information content (AvgIpc) is 2.18. The van der Waals surface area contributed by atoms with Crippen molar-refractivity contribution < 1.29 is 5.11 Å². The van der Waals surface area contributed by atoms with Crippen molar-refractivity contribution >= 4 is 5.69 Å². The molecule has 4 rings (SSSR count). The molecule has 3 aliphatic carbocycles. The number of hydrogen-bond acceptors (Lipinski definition) is 2. The molecule has 0 aliphatic heterocycles. The molecular weight excluding hydrogens is 174 g/mol. The highest BCUT2D eigenvalue weighted by Gasteiger charge is 2.44. The van der Waals surface area contributed by atoms with Crippen molar-refractivity contribution in [3.8, 4) is 0 Å². The van der Waals surface area contributed by atoms with Crippen molar-refractivity contribution in [2.45, 2.75) is 37.2 Å². The minimum atomic E-state index is -0.616. The van der Waals surface area contributed by atoms with Crippen molar-refractivity contribution in [3.05, 3.63) is 29.3 Å². The van der Waals surface area contributed by atoms with Gasteiger partial charge in [0, 0.05) is 11.3 Å². The van der Waals surface area contributed by atoms with Crippen molar-refractivity contribution in [1.29, 1.82) is 0 Å². The van der Waals surface area contributed by atoms with Gasteiger partial charge in [-0.15, -0.1) is 0 Å². The minimum Gasteiger partial charge on any atom is -0.398 e. The lowest BCUT2D eigenvalue weighted by atomic mass is 9.64. The van der Waals surface area contributed by atoms with E-state index in [4.69, 9.17) is 5.73 Å². The first-order valence-corrected chi connectivity index (χ1v) is 5.32. The summed E-state index contributed by atoms with van der Waals surface area (Å²) in [5, 5.41) is 10.5. The van der Waals surface area contributed by atoms with E-state index in [1.165, 1.54) is 5.56 Å². The molecule has 1 aromatic rings. The van der Waals surface area contributed by atoms with Gasteiger partial charge < -0.3 is 10.8 Å². The smallest absolute Gasteiger partial charge is 0.0919 e. The predicted molar refractivity (Wildman–Crippen MR) is 56.0 cm³/mol. The van der Waals surface area contributed by atoms with Gasteiger partial charge in [0.05, 0.1) is 5.60 Å². The molecule has 2 heteroatoms. The molecule has 3 N–H and O–H groups in total. The lowest BCUT2D eigenvalue weighted by Crippen LogP contribution is -2.38. The Morgan fingerprint density at radius 2 is 2.00 bits per heavy atom. The molecule has 0 spiro atoms. The third kappa shape index (κ3) is 0.894. The molecule has 0 aromatic heterocycles. The molecule has 3 aliphatic rings. The van der Waals surface area contributed by atoms with Crippen LogP contribution in [0.1, 0.15) is 42.7 Å². The molecule has 0 radical (unpaired) electrons. The second kappa shape index (κ2) is 2.51. The number of rotatable bonds is 0. The summed E-state index contributed by atoms with van der Waals surface area (Å²) in [6, 6.07) is 6.02. The molecule has 0 heterocycles. The summed E-state index contributed by atoms with van der Waals surface area (Å²) >= 11 is 0. The largest absolute Gasteiger partial charge is 0.398 e. The molecular formula is C12H15NO. The number of fused-ring (bicyclic) bond motifs is 2. The molecule has 1 fully saturated rings. The van der Waals surface area contributed by atoms with Gasteiger partial charge in [-0.05, 0) is 43.2 Å². The molecule has 1 saturated carbocycles. The van der Waals surface area contributed by atoms with Crippen LogP contribution in [0, 0.1) is 0 Å². The molecule has 0 saturated heterocycles. The normalized spacial score (nSPS) is 34.2. The van der Waals surface area contributed by atoms with Gasteiger partial charge in [0.15, 0.2) is 0 Å². The summed E-state index contributed by atoms with van der Waals surface area (Å²) in [4.78, 5) is 0. The van der Waals surface area contributed by atoms with E-state index in [9.17, 15) is 5.11 Å². The third-order valence-corrected chi connectivity index (χ3v) is 3.85. The Kier molecular flexibility index (Phi) is 1.49. The summed E-state index contributed by atoms with van der Waals surface area (Å²) in [6.07, 6.45) is 4.01. The van der Waals surface area contributed by atoms with E-state index in [0.717, 1.165) is 36.9 Å². The van der Waals surface area contributed by atoms with E-state index in [2.05, 4.69) is 6.07 Å². The van der Waals surface area contributed by atoms with Crippen LogP contribution < -0.4 is 5.73 Å². The molecule has 0 amide bonds. The highest BCUT2D eigenvalue weighted by molar-refractivity contribution is 5.57. The van der Waals surface area contributed by atoms with Gasteiger partial charge in [-0.25, -0.2) is 0 Å². The van der Waals surface area contributed by atoms with Gasteiger partial charge in [-0.2, -0.15) is 0 Å². The van der Waals surface area contributed by atoms with Crippen LogP contribution in [0.4, 0.5) is 5.69 Å². The Bertz CT molecular complexity index is 378. The molecule has 0 unspecified atom stereocenters. The van der Waals surface area contributed by atoms with Gasteiger partial charge in [-0.3, -0.25) is 0 Å². The van der Waals surface area contributed by atoms with Gasteiger partial charge in [0.2, 0.25) is 0 Å². The summed E-state index contributed by atoms with van der Waals surface area (Å²) in [6.45, 7) is 0. The summed E-state index contributed by atoms with van der Waals surface area (Å²) < 4.78 is 0. The number of nitrogen functional groups attached to an aromatic ring is 1. The van der Waals surface area contributed by atoms with Gasteiger partial charge >= 0.3 is 0 Å². The van der Waals surface area contributed by atoms with Gasteiger partial charge in [-0.1, -0.05) is 12.1 Å². The SMILES string of the molecule is Nc1cccc2c1C1(O)CCC2CC1. The predicted octanol–water partition coefficient (Wildman–Crippen LogP) is 2.13. The van der Waals surface area contributed by atoms with Crippen molar-refractivity contribution in [1.82, 2.24) is 0 Å². The molecule has 14 heavy (non-hydrogen) atoms. The van der Waals surface area contributed by atoms with Crippen LogP contribution >= 0.6 is 0 Å². The second-order valence-electron chi connectivity index (χ2n) is 4.62. The van der Waals surface area contributed by atoms with E-state index < -0.39 is 5.60 Å². The number of anilines is 1. The summed E-state index contributed by atoms with van der Waals surface area (Å²) in [7, 11) is 0. The molecule has 1 aromatic carbocycles. The highest BCUT2D eigenvalue weighted by atomic mass is 16.3. The quantitative estimate of drug-likeness (QED) is 0.614. The Hall–Kier alpha value is -1.02. The zero-order valence-electron chi connectivity index (χ0n) is 8.16. The lowest BCUT2D eigenvalue weighted by Gasteiger charge is -2.45. The fourth-order valence-corrected chi connectivity index (χ4v) is 3.12. The maximum Gasteiger partial charge on any atom is 0.0919 e. The van der Waals surface area contributed by atoms with Gasteiger partial charge in [0.1, 0.15) is 0 Å². The summed E-state index contributed by atoms with van der Waals surface area (Å²) in [5.41, 5.74) is 8.44. The van der Waals surface area contributed by atoms with Crippen LogP contribution in [0.15, 0.2) is 18.2 Å². The Balaban J connectivity index is 2.28. The Labute approximate surface area is 83.7 Å². The number of hydrogen-bond donors (Lipinski definition) is 2. The van der Waals surface area contributed by atoms with Crippen LogP contribution in [-0.2, 0) is 5.60 Å². The van der Waals surface area contributed by atoms with E-state index >= 15 is 0 Å². The first-order valence-electron chi connectivity index (χ1n) is 5.32. The van der Waals surface area contributed by atoms with Crippen LogP contribution in [0.5, 0.6) is 0 Å². The molecule has 2 bridgehead atoms. The van der Waals surface area contributed by atoms with Crippen LogP contribution in [0.25, 0.3) is 0 Å². The second-order valence-corrected chi connectivity index (χ2v) is 4.62. The van der Waals surface area contributed by atoms with Crippen molar-refractivity contribution in [2.24, 2.45) is 0 Å². The van der Waals surface area contributed by atoms with Crippen LogP contribution in [-0.4, -0.2) is 5.11 Å². The maximum absolute atomic E-state index is 10.5.